The molecular weight excluding hydrogens is 212 g/mol. The first kappa shape index (κ1) is 12.6. The van der Waals surface area contributed by atoms with Gasteiger partial charge >= 0.3 is 0 Å². The predicted octanol–water partition coefficient (Wildman–Crippen LogP) is 1.76. The van der Waals surface area contributed by atoms with E-state index in [-0.39, 0.29) is 0 Å². The number of rotatable bonds is 4. The van der Waals surface area contributed by atoms with Gasteiger partial charge in [0, 0.05) is 26.7 Å². The van der Waals surface area contributed by atoms with Crippen molar-refractivity contribution >= 4 is 0 Å². The normalized spacial score (nSPS) is 21.6. The number of nitrogens with two attached hydrogens (primary N) is 1. The molecule has 0 saturated carbocycles. The van der Waals surface area contributed by atoms with Crippen molar-refractivity contribution in [3.05, 3.63) is 35.4 Å². The predicted molar refractivity (Wildman–Crippen MR) is 69.6 cm³/mol. The van der Waals surface area contributed by atoms with Crippen molar-refractivity contribution in [2.75, 3.05) is 20.2 Å². The van der Waals surface area contributed by atoms with Gasteiger partial charge in [-0.1, -0.05) is 24.3 Å². The molecule has 1 aliphatic rings. The van der Waals surface area contributed by atoms with Gasteiger partial charge in [0.2, 0.25) is 0 Å². The molecule has 94 valence electrons. The topological polar surface area (TPSA) is 38.5 Å². The second-order valence-electron chi connectivity index (χ2n) is 4.76. The summed E-state index contributed by atoms with van der Waals surface area (Å²) in [6.07, 6.45) is 2.83. The lowest BCUT2D eigenvalue weighted by atomic mass is 10.1. The molecule has 1 aromatic rings. The fourth-order valence-electron chi connectivity index (χ4n) is 2.46. The Hall–Kier alpha value is -0.900. The average molecular weight is 234 g/mol. The van der Waals surface area contributed by atoms with Crippen molar-refractivity contribution in [2.45, 2.75) is 32.0 Å². The van der Waals surface area contributed by atoms with Gasteiger partial charge in [0.1, 0.15) is 0 Å². The van der Waals surface area contributed by atoms with Crippen LogP contribution in [-0.2, 0) is 17.8 Å². The monoisotopic (exact) mass is 234 g/mol. The van der Waals surface area contributed by atoms with Crippen molar-refractivity contribution in [3.63, 3.8) is 0 Å². The van der Waals surface area contributed by atoms with Crippen LogP contribution in [0.15, 0.2) is 24.3 Å². The molecule has 17 heavy (non-hydrogen) atoms. The number of ether oxygens (including phenoxy) is 1. The molecule has 0 spiro atoms. The first-order valence-corrected chi connectivity index (χ1v) is 6.35. The smallest absolute Gasteiger partial charge is 0.0698 e. The van der Waals surface area contributed by atoms with Crippen LogP contribution in [0, 0.1) is 0 Å². The van der Waals surface area contributed by atoms with Crippen LogP contribution >= 0.6 is 0 Å². The van der Waals surface area contributed by atoms with Gasteiger partial charge in [-0.2, -0.15) is 0 Å². The lowest BCUT2D eigenvalue weighted by molar-refractivity contribution is 0.0285. The van der Waals surface area contributed by atoms with Crippen LogP contribution in [0.25, 0.3) is 0 Å². The van der Waals surface area contributed by atoms with E-state index < -0.39 is 0 Å². The van der Waals surface area contributed by atoms with E-state index in [4.69, 9.17) is 10.5 Å². The van der Waals surface area contributed by atoms with Crippen molar-refractivity contribution in [1.82, 2.24) is 4.90 Å². The molecule has 1 saturated heterocycles. The van der Waals surface area contributed by atoms with Crippen LogP contribution < -0.4 is 5.73 Å². The van der Waals surface area contributed by atoms with E-state index in [1.54, 1.807) is 0 Å². The van der Waals surface area contributed by atoms with Gasteiger partial charge in [-0.05, 0) is 30.5 Å². The molecule has 1 atom stereocenters. The summed E-state index contributed by atoms with van der Waals surface area (Å²) in [7, 11) is 1.81. The van der Waals surface area contributed by atoms with Gasteiger partial charge in [-0.15, -0.1) is 0 Å². The third-order valence-electron chi connectivity index (χ3n) is 3.43. The van der Waals surface area contributed by atoms with E-state index >= 15 is 0 Å². The van der Waals surface area contributed by atoms with Crippen molar-refractivity contribution < 1.29 is 4.74 Å². The molecule has 3 heteroatoms. The molecule has 0 aliphatic carbocycles. The second kappa shape index (κ2) is 6.15. The number of likely N-dealkylation sites (tertiary alicyclic amines) is 1. The second-order valence-corrected chi connectivity index (χ2v) is 4.76. The average Bonchev–Trinajstić information content (AvgIpc) is 2.39. The summed E-state index contributed by atoms with van der Waals surface area (Å²) in [6, 6.07) is 8.55. The van der Waals surface area contributed by atoms with E-state index in [0.717, 1.165) is 13.1 Å². The molecule has 1 aromatic carbocycles. The minimum Gasteiger partial charge on any atom is -0.380 e. The molecule has 0 aromatic heterocycles. The van der Waals surface area contributed by atoms with Crippen LogP contribution in [-0.4, -0.2) is 31.2 Å². The zero-order valence-corrected chi connectivity index (χ0v) is 10.6. The summed E-state index contributed by atoms with van der Waals surface area (Å²) in [6.45, 7) is 3.85. The third-order valence-corrected chi connectivity index (χ3v) is 3.43. The molecule has 1 aliphatic heterocycles. The highest BCUT2D eigenvalue weighted by atomic mass is 16.5. The third kappa shape index (κ3) is 3.53. The summed E-state index contributed by atoms with van der Waals surface area (Å²) in [5.74, 6) is 0. The van der Waals surface area contributed by atoms with E-state index in [9.17, 15) is 0 Å². The molecule has 0 bridgehead atoms. The summed E-state index contributed by atoms with van der Waals surface area (Å²) in [5.41, 5.74) is 8.22. The first-order valence-electron chi connectivity index (χ1n) is 6.35. The SMILES string of the molecule is COC1CCCN(Cc2cccc(CN)c2)C1. The molecular formula is C14H22N2O. The van der Waals surface area contributed by atoms with E-state index in [2.05, 4.69) is 29.2 Å². The van der Waals surface area contributed by atoms with E-state index in [1.165, 1.54) is 30.5 Å². The van der Waals surface area contributed by atoms with Crippen molar-refractivity contribution in [1.29, 1.82) is 0 Å². The number of methoxy groups -OCH3 is 1. The Morgan fingerprint density at radius 1 is 1.41 bits per heavy atom. The number of hydrogen-bond donors (Lipinski definition) is 1. The van der Waals surface area contributed by atoms with Gasteiger partial charge < -0.3 is 10.5 Å². The fourth-order valence-corrected chi connectivity index (χ4v) is 2.46. The van der Waals surface area contributed by atoms with Crippen molar-refractivity contribution in [3.8, 4) is 0 Å². The van der Waals surface area contributed by atoms with E-state index in [0.29, 0.717) is 12.6 Å². The molecule has 1 heterocycles. The summed E-state index contributed by atoms with van der Waals surface area (Å²) in [4.78, 5) is 2.47. The zero-order chi connectivity index (χ0) is 12.1. The Bertz CT molecular complexity index is 354. The maximum absolute atomic E-state index is 5.66. The number of hydrogen-bond acceptors (Lipinski definition) is 3. The van der Waals surface area contributed by atoms with Crippen LogP contribution in [0.5, 0.6) is 0 Å². The minimum atomic E-state index is 0.404. The Kier molecular flexibility index (Phi) is 4.54. The van der Waals surface area contributed by atoms with Gasteiger partial charge in [-0.25, -0.2) is 0 Å². The van der Waals surface area contributed by atoms with Gasteiger partial charge in [0.15, 0.2) is 0 Å². The summed E-state index contributed by atoms with van der Waals surface area (Å²) < 4.78 is 5.44. The first-order chi connectivity index (χ1) is 8.31. The molecule has 0 radical (unpaired) electrons. The maximum atomic E-state index is 5.66. The summed E-state index contributed by atoms with van der Waals surface area (Å²) in [5, 5.41) is 0. The zero-order valence-electron chi connectivity index (χ0n) is 10.6. The Morgan fingerprint density at radius 2 is 2.24 bits per heavy atom. The van der Waals surface area contributed by atoms with E-state index in [1.807, 2.05) is 7.11 Å². The minimum absolute atomic E-state index is 0.404. The summed E-state index contributed by atoms with van der Waals surface area (Å²) >= 11 is 0. The number of nitrogens with zero attached hydrogens (tertiary/aromatic N) is 1. The molecule has 0 amide bonds. The Balaban J connectivity index is 1.95. The highest BCUT2D eigenvalue weighted by Gasteiger charge is 2.19. The molecule has 2 N–H and O–H groups in total. The lowest BCUT2D eigenvalue weighted by Gasteiger charge is -2.31. The largest absolute Gasteiger partial charge is 0.380 e. The number of benzene rings is 1. The Labute approximate surface area is 104 Å². The lowest BCUT2D eigenvalue weighted by Crippen LogP contribution is -2.38. The van der Waals surface area contributed by atoms with Gasteiger partial charge in [0.05, 0.1) is 6.10 Å². The quantitative estimate of drug-likeness (QED) is 0.862. The van der Waals surface area contributed by atoms with Crippen molar-refractivity contribution in [2.24, 2.45) is 5.73 Å². The maximum Gasteiger partial charge on any atom is 0.0698 e. The number of piperidine rings is 1. The van der Waals surface area contributed by atoms with Gasteiger partial charge in [-0.3, -0.25) is 4.90 Å². The standard InChI is InChI=1S/C14H22N2O/c1-17-14-6-3-7-16(11-14)10-13-5-2-4-12(8-13)9-15/h2,4-5,8,14H,3,6-7,9-11,15H2,1H3. The van der Waals surface area contributed by atoms with Crippen LogP contribution in [0.1, 0.15) is 24.0 Å². The molecule has 3 nitrogen and oxygen atoms in total. The highest BCUT2D eigenvalue weighted by Crippen LogP contribution is 2.16. The van der Waals surface area contributed by atoms with Crippen LogP contribution in [0.2, 0.25) is 0 Å². The van der Waals surface area contributed by atoms with Crippen LogP contribution in [0.4, 0.5) is 0 Å². The highest BCUT2D eigenvalue weighted by molar-refractivity contribution is 5.23. The van der Waals surface area contributed by atoms with Gasteiger partial charge in [0.25, 0.3) is 0 Å². The Morgan fingerprint density at radius 3 is 3.00 bits per heavy atom. The van der Waals surface area contributed by atoms with Crippen LogP contribution in [0.3, 0.4) is 0 Å². The molecule has 1 fully saturated rings. The molecule has 1 unspecified atom stereocenters. The molecule has 2 rings (SSSR count). The fraction of sp³-hybridized carbons (Fsp3) is 0.571.